The van der Waals surface area contributed by atoms with Crippen LogP contribution in [0.15, 0.2) is 30.0 Å². The summed E-state index contributed by atoms with van der Waals surface area (Å²) in [5, 5.41) is 0. The normalized spacial score (nSPS) is 10.1. The Labute approximate surface area is 74.9 Å². The predicted molar refractivity (Wildman–Crippen MR) is 50.1 cm³/mol. The summed E-state index contributed by atoms with van der Waals surface area (Å²) in [7, 11) is 0. The average Bonchev–Trinajstić information content (AvgIpc) is 2.58. The van der Waals surface area contributed by atoms with E-state index in [1.54, 1.807) is 11.3 Å². The topological polar surface area (TPSA) is 25.8 Å². The SMILES string of the molecule is Cc1ccc(-c2cncs2)cn1. The molecule has 0 aliphatic carbocycles. The Bertz CT molecular complexity index is 351. The van der Waals surface area contributed by atoms with Gasteiger partial charge in [0.05, 0.1) is 10.4 Å². The number of aromatic nitrogens is 2. The highest BCUT2D eigenvalue weighted by molar-refractivity contribution is 7.13. The minimum Gasteiger partial charge on any atom is -0.261 e. The van der Waals surface area contributed by atoms with Crippen LogP contribution in [0.25, 0.3) is 10.4 Å². The molecule has 0 amide bonds. The summed E-state index contributed by atoms with van der Waals surface area (Å²) >= 11 is 1.63. The highest BCUT2D eigenvalue weighted by Gasteiger charge is 1.97. The molecule has 0 radical (unpaired) electrons. The van der Waals surface area contributed by atoms with Gasteiger partial charge >= 0.3 is 0 Å². The Morgan fingerprint density at radius 1 is 1.25 bits per heavy atom. The van der Waals surface area contributed by atoms with Crippen molar-refractivity contribution in [3.8, 4) is 10.4 Å². The summed E-state index contributed by atoms with van der Waals surface area (Å²) in [6.45, 7) is 1.98. The van der Waals surface area contributed by atoms with E-state index in [9.17, 15) is 0 Å². The Morgan fingerprint density at radius 2 is 2.17 bits per heavy atom. The minimum atomic E-state index is 1.04. The van der Waals surface area contributed by atoms with Gasteiger partial charge in [0.15, 0.2) is 0 Å². The fraction of sp³-hybridized carbons (Fsp3) is 0.111. The largest absolute Gasteiger partial charge is 0.261 e. The minimum absolute atomic E-state index is 1.04. The van der Waals surface area contributed by atoms with Gasteiger partial charge in [-0.3, -0.25) is 9.97 Å². The molecular formula is C9H8N2S. The van der Waals surface area contributed by atoms with E-state index in [0.29, 0.717) is 0 Å². The molecule has 0 unspecified atom stereocenters. The van der Waals surface area contributed by atoms with E-state index in [2.05, 4.69) is 16.0 Å². The number of pyridine rings is 1. The van der Waals surface area contributed by atoms with Crippen molar-refractivity contribution >= 4 is 11.3 Å². The molecule has 0 fully saturated rings. The molecule has 2 nitrogen and oxygen atoms in total. The quantitative estimate of drug-likeness (QED) is 0.667. The van der Waals surface area contributed by atoms with Gasteiger partial charge in [0.25, 0.3) is 0 Å². The fourth-order valence-electron chi connectivity index (χ4n) is 0.972. The van der Waals surface area contributed by atoms with Crippen LogP contribution in [-0.4, -0.2) is 9.97 Å². The van der Waals surface area contributed by atoms with Gasteiger partial charge in [-0.1, -0.05) is 6.07 Å². The van der Waals surface area contributed by atoms with Gasteiger partial charge in [-0.25, -0.2) is 0 Å². The fourth-order valence-corrected chi connectivity index (χ4v) is 1.59. The predicted octanol–water partition coefficient (Wildman–Crippen LogP) is 2.51. The second-order valence-corrected chi connectivity index (χ2v) is 3.44. The van der Waals surface area contributed by atoms with Crippen molar-refractivity contribution in [1.82, 2.24) is 9.97 Å². The maximum atomic E-state index is 4.21. The molecule has 2 aromatic heterocycles. The molecule has 2 rings (SSSR count). The lowest BCUT2D eigenvalue weighted by atomic mass is 10.2. The van der Waals surface area contributed by atoms with Gasteiger partial charge in [0.1, 0.15) is 0 Å². The molecule has 0 saturated heterocycles. The van der Waals surface area contributed by atoms with E-state index in [1.165, 1.54) is 4.88 Å². The lowest BCUT2D eigenvalue weighted by Gasteiger charge is -1.95. The van der Waals surface area contributed by atoms with Crippen LogP contribution in [0.2, 0.25) is 0 Å². The van der Waals surface area contributed by atoms with Crippen molar-refractivity contribution in [2.45, 2.75) is 6.92 Å². The zero-order chi connectivity index (χ0) is 8.39. The Morgan fingerprint density at radius 3 is 2.75 bits per heavy atom. The monoisotopic (exact) mass is 176 g/mol. The molecular weight excluding hydrogens is 168 g/mol. The molecule has 0 aliphatic heterocycles. The van der Waals surface area contributed by atoms with Crippen LogP contribution in [0.4, 0.5) is 0 Å². The Balaban J connectivity index is 2.43. The number of thiazole rings is 1. The molecule has 0 N–H and O–H groups in total. The molecule has 0 spiro atoms. The maximum absolute atomic E-state index is 4.21. The van der Waals surface area contributed by atoms with Crippen LogP contribution >= 0.6 is 11.3 Å². The van der Waals surface area contributed by atoms with Crippen molar-refractivity contribution in [2.24, 2.45) is 0 Å². The van der Waals surface area contributed by atoms with Crippen LogP contribution < -0.4 is 0 Å². The van der Waals surface area contributed by atoms with Crippen molar-refractivity contribution in [2.75, 3.05) is 0 Å². The molecule has 2 aromatic rings. The van der Waals surface area contributed by atoms with E-state index in [-0.39, 0.29) is 0 Å². The molecule has 2 heterocycles. The lowest BCUT2D eigenvalue weighted by Crippen LogP contribution is -1.79. The lowest BCUT2D eigenvalue weighted by molar-refractivity contribution is 1.20. The second-order valence-electron chi connectivity index (χ2n) is 2.55. The van der Waals surface area contributed by atoms with Crippen molar-refractivity contribution < 1.29 is 0 Å². The molecule has 3 heteroatoms. The van der Waals surface area contributed by atoms with Crippen LogP contribution in [0.3, 0.4) is 0 Å². The van der Waals surface area contributed by atoms with Crippen LogP contribution in [0, 0.1) is 6.92 Å². The molecule has 12 heavy (non-hydrogen) atoms. The van der Waals surface area contributed by atoms with Gasteiger partial charge in [-0.05, 0) is 13.0 Å². The molecule has 0 saturated carbocycles. The zero-order valence-corrected chi connectivity index (χ0v) is 7.51. The summed E-state index contributed by atoms with van der Waals surface area (Å²) in [5.74, 6) is 0. The third-order valence-electron chi connectivity index (χ3n) is 1.63. The molecule has 60 valence electrons. The second kappa shape index (κ2) is 3.03. The van der Waals surface area contributed by atoms with Crippen molar-refractivity contribution in [3.05, 3.63) is 35.7 Å². The molecule has 0 bridgehead atoms. The van der Waals surface area contributed by atoms with Crippen LogP contribution in [0.5, 0.6) is 0 Å². The van der Waals surface area contributed by atoms with Crippen LogP contribution in [-0.2, 0) is 0 Å². The Hall–Kier alpha value is -1.22. The molecule has 0 atom stereocenters. The first-order valence-electron chi connectivity index (χ1n) is 3.68. The van der Waals surface area contributed by atoms with Gasteiger partial charge in [-0.2, -0.15) is 0 Å². The van der Waals surface area contributed by atoms with Gasteiger partial charge in [0, 0.05) is 23.7 Å². The van der Waals surface area contributed by atoms with Gasteiger partial charge in [-0.15, -0.1) is 11.3 Å². The summed E-state index contributed by atoms with van der Waals surface area (Å²) < 4.78 is 0. The van der Waals surface area contributed by atoms with E-state index in [0.717, 1.165) is 11.3 Å². The smallest absolute Gasteiger partial charge is 0.0797 e. The first-order valence-corrected chi connectivity index (χ1v) is 4.56. The van der Waals surface area contributed by atoms with E-state index in [4.69, 9.17) is 0 Å². The summed E-state index contributed by atoms with van der Waals surface area (Å²) in [6, 6.07) is 4.07. The Kier molecular flexibility index (Phi) is 1.87. The number of nitrogens with zero attached hydrogens (tertiary/aromatic N) is 2. The van der Waals surface area contributed by atoms with Crippen molar-refractivity contribution in [1.29, 1.82) is 0 Å². The molecule has 0 aliphatic rings. The van der Waals surface area contributed by atoms with Crippen LogP contribution in [0.1, 0.15) is 5.69 Å². The standard InChI is InChI=1S/C9H8N2S/c1-7-2-3-8(4-11-7)9-5-10-6-12-9/h2-6H,1H3. The third-order valence-corrected chi connectivity index (χ3v) is 2.45. The average molecular weight is 176 g/mol. The summed E-state index contributed by atoms with van der Waals surface area (Å²) in [5.41, 5.74) is 4.02. The maximum Gasteiger partial charge on any atom is 0.0797 e. The summed E-state index contributed by atoms with van der Waals surface area (Å²) in [4.78, 5) is 9.39. The number of aryl methyl sites for hydroxylation is 1. The zero-order valence-electron chi connectivity index (χ0n) is 6.69. The number of rotatable bonds is 1. The van der Waals surface area contributed by atoms with E-state index in [1.807, 2.05) is 30.9 Å². The van der Waals surface area contributed by atoms with Gasteiger partial charge < -0.3 is 0 Å². The van der Waals surface area contributed by atoms with E-state index < -0.39 is 0 Å². The molecule has 0 aromatic carbocycles. The summed E-state index contributed by atoms with van der Waals surface area (Å²) in [6.07, 6.45) is 3.74. The first kappa shape index (κ1) is 7.43. The first-order chi connectivity index (χ1) is 5.86. The number of hydrogen-bond donors (Lipinski definition) is 0. The van der Waals surface area contributed by atoms with Gasteiger partial charge in [0.2, 0.25) is 0 Å². The third kappa shape index (κ3) is 1.36. The van der Waals surface area contributed by atoms with E-state index >= 15 is 0 Å². The highest BCUT2D eigenvalue weighted by Crippen LogP contribution is 2.21. The highest BCUT2D eigenvalue weighted by atomic mass is 32.1. The number of hydrogen-bond acceptors (Lipinski definition) is 3. The van der Waals surface area contributed by atoms with Crippen molar-refractivity contribution in [3.63, 3.8) is 0 Å².